The van der Waals surface area contributed by atoms with Gasteiger partial charge in [-0.25, -0.2) is 0 Å². The molecule has 0 saturated heterocycles. The summed E-state index contributed by atoms with van der Waals surface area (Å²) in [6.07, 6.45) is 2.19. The Morgan fingerprint density at radius 2 is 2.17 bits per heavy atom. The smallest absolute Gasteiger partial charge is 0.308 e. The average Bonchev–Trinajstić information content (AvgIpc) is 2.75. The third-order valence-electron chi connectivity index (χ3n) is 2.70. The molecule has 1 heterocycles. The average molecular weight is 271 g/mol. The third-order valence-corrected chi connectivity index (χ3v) is 3.79. The lowest BCUT2D eigenvalue weighted by molar-refractivity contribution is -0.136. The van der Waals surface area contributed by atoms with E-state index in [-0.39, 0.29) is 13.0 Å². The topological polar surface area (TPSA) is 69.6 Å². The van der Waals surface area contributed by atoms with E-state index >= 15 is 0 Å². The molecule has 4 nitrogen and oxygen atoms in total. The van der Waals surface area contributed by atoms with Crippen LogP contribution in [0.1, 0.15) is 29.5 Å². The van der Waals surface area contributed by atoms with Crippen molar-refractivity contribution in [1.29, 1.82) is 0 Å². The van der Waals surface area contributed by atoms with Crippen molar-refractivity contribution in [3.05, 3.63) is 21.9 Å². The largest absolute Gasteiger partial charge is 0.481 e. The van der Waals surface area contributed by atoms with Crippen LogP contribution in [0.5, 0.6) is 0 Å². The number of rotatable bonds is 9. The van der Waals surface area contributed by atoms with Gasteiger partial charge >= 0.3 is 5.97 Å². The van der Waals surface area contributed by atoms with E-state index in [4.69, 9.17) is 10.2 Å². The van der Waals surface area contributed by atoms with Gasteiger partial charge in [0.05, 0.1) is 6.42 Å². The van der Waals surface area contributed by atoms with Gasteiger partial charge in [0, 0.05) is 22.9 Å². The van der Waals surface area contributed by atoms with Gasteiger partial charge < -0.3 is 15.5 Å². The number of hydrogen-bond acceptors (Lipinski definition) is 4. The maximum atomic E-state index is 10.5. The molecule has 1 unspecified atom stereocenters. The Balaban J connectivity index is 2.15. The maximum absolute atomic E-state index is 10.5. The van der Waals surface area contributed by atoms with E-state index in [1.165, 1.54) is 4.88 Å². The molecule has 0 amide bonds. The molecule has 1 atom stereocenters. The van der Waals surface area contributed by atoms with Crippen molar-refractivity contribution in [3.63, 3.8) is 0 Å². The van der Waals surface area contributed by atoms with Gasteiger partial charge in [-0.3, -0.25) is 4.79 Å². The van der Waals surface area contributed by atoms with Crippen molar-refractivity contribution in [2.45, 2.75) is 32.7 Å². The summed E-state index contributed by atoms with van der Waals surface area (Å²) in [4.78, 5) is 12.6. The van der Waals surface area contributed by atoms with Crippen LogP contribution in [-0.4, -0.2) is 29.3 Å². The summed E-state index contributed by atoms with van der Waals surface area (Å²) in [7, 11) is 0. The summed E-state index contributed by atoms with van der Waals surface area (Å²) in [5.41, 5.74) is 0. The number of thiophene rings is 1. The Bertz CT molecular complexity index is 365. The van der Waals surface area contributed by atoms with Crippen molar-refractivity contribution in [3.8, 4) is 0 Å². The highest BCUT2D eigenvalue weighted by atomic mass is 32.1. The molecule has 1 rings (SSSR count). The molecule has 3 N–H and O–H groups in total. The Kier molecular flexibility index (Phi) is 6.93. The van der Waals surface area contributed by atoms with Crippen molar-refractivity contribution in [2.24, 2.45) is 5.92 Å². The first-order valence-electron chi connectivity index (χ1n) is 6.22. The Morgan fingerprint density at radius 1 is 1.44 bits per heavy atom. The summed E-state index contributed by atoms with van der Waals surface area (Å²) in [5, 5.41) is 20.9. The number of nitrogens with one attached hydrogen (secondary N) is 1. The van der Waals surface area contributed by atoms with Crippen molar-refractivity contribution in [2.75, 3.05) is 13.2 Å². The fourth-order valence-corrected chi connectivity index (χ4v) is 2.62. The molecule has 0 aliphatic rings. The van der Waals surface area contributed by atoms with E-state index in [0.29, 0.717) is 5.92 Å². The van der Waals surface area contributed by atoms with Crippen molar-refractivity contribution >= 4 is 17.3 Å². The molecule has 0 aliphatic carbocycles. The molecule has 102 valence electrons. The zero-order valence-corrected chi connectivity index (χ0v) is 11.5. The highest BCUT2D eigenvalue weighted by Gasteiger charge is 2.04. The number of carboxylic acids is 1. The number of aliphatic hydroxyl groups is 1. The number of hydrogen-bond donors (Lipinski definition) is 3. The molecule has 0 bridgehead atoms. The SMILES string of the molecule is CC(CO)CCCNCc1ccc(CC(=O)O)s1. The molecule has 0 fully saturated rings. The van der Waals surface area contributed by atoms with Crippen LogP contribution in [0.2, 0.25) is 0 Å². The van der Waals surface area contributed by atoms with Gasteiger partial charge in [0.25, 0.3) is 0 Å². The van der Waals surface area contributed by atoms with Crippen molar-refractivity contribution < 1.29 is 15.0 Å². The highest BCUT2D eigenvalue weighted by molar-refractivity contribution is 7.12. The van der Waals surface area contributed by atoms with Crippen LogP contribution in [0.4, 0.5) is 0 Å². The second-order valence-electron chi connectivity index (χ2n) is 4.55. The van der Waals surface area contributed by atoms with Crippen LogP contribution < -0.4 is 5.32 Å². The van der Waals surface area contributed by atoms with Crippen LogP contribution in [0.25, 0.3) is 0 Å². The second-order valence-corrected chi connectivity index (χ2v) is 5.80. The molecular weight excluding hydrogens is 250 g/mol. The Hall–Kier alpha value is -0.910. The molecule has 1 aromatic rings. The normalized spacial score (nSPS) is 12.6. The standard InChI is InChI=1S/C13H21NO3S/c1-10(9-15)3-2-6-14-8-12-5-4-11(18-12)7-13(16)17/h4-5,10,14-15H,2-3,6-9H2,1H3,(H,16,17). The molecule has 0 spiro atoms. The van der Waals surface area contributed by atoms with Crippen LogP contribution in [0.3, 0.4) is 0 Å². The number of carboxylic acid groups (broad SMARTS) is 1. The van der Waals surface area contributed by atoms with Gasteiger partial charge in [-0.2, -0.15) is 0 Å². The van der Waals surface area contributed by atoms with E-state index in [9.17, 15) is 4.79 Å². The lowest BCUT2D eigenvalue weighted by Gasteiger charge is -2.07. The molecule has 0 saturated carbocycles. The number of carbonyl (C=O) groups is 1. The minimum atomic E-state index is -0.783. The molecule has 5 heteroatoms. The van der Waals surface area contributed by atoms with Gasteiger partial charge in [0.1, 0.15) is 0 Å². The van der Waals surface area contributed by atoms with Crippen LogP contribution in [0.15, 0.2) is 12.1 Å². The minimum absolute atomic E-state index is 0.110. The Morgan fingerprint density at radius 3 is 2.83 bits per heavy atom. The first kappa shape index (κ1) is 15.1. The van der Waals surface area contributed by atoms with Gasteiger partial charge in [0.2, 0.25) is 0 Å². The molecule has 0 aromatic carbocycles. The summed E-state index contributed by atoms with van der Waals surface area (Å²) < 4.78 is 0. The molecule has 0 radical (unpaired) electrons. The maximum Gasteiger partial charge on any atom is 0.308 e. The zero-order valence-electron chi connectivity index (χ0n) is 10.7. The van der Waals surface area contributed by atoms with E-state index in [2.05, 4.69) is 5.32 Å². The van der Waals surface area contributed by atoms with E-state index in [1.807, 2.05) is 19.1 Å². The molecule has 18 heavy (non-hydrogen) atoms. The number of aliphatic carboxylic acids is 1. The highest BCUT2D eigenvalue weighted by Crippen LogP contribution is 2.16. The quantitative estimate of drug-likeness (QED) is 0.600. The van der Waals surface area contributed by atoms with E-state index < -0.39 is 5.97 Å². The lowest BCUT2D eigenvalue weighted by atomic mass is 10.1. The minimum Gasteiger partial charge on any atom is -0.481 e. The fraction of sp³-hybridized carbons (Fsp3) is 0.615. The number of aliphatic hydroxyl groups excluding tert-OH is 1. The lowest BCUT2D eigenvalue weighted by Crippen LogP contribution is -2.15. The predicted octanol–water partition coefficient (Wildman–Crippen LogP) is 1.87. The van der Waals surface area contributed by atoms with E-state index in [1.54, 1.807) is 11.3 Å². The second kappa shape index (κ2) is 8.24. The molecule has 0 aliphatic heterocycles. The molecule has 1 aromatic heterocycles. The van der Waals surface area contributed by atoms with Gasteiger partial charge in [-0.1, -0.05) is 6.92 Å². The first-order chi connectivity index (χ1) is 8.61. The Labute approximate surface area is 112 Å². The predicted molar refractivity (Wildman–Crippen MR) is 72.8 cm³/mol. The summed E-state index contributed by atoms with van der Waals surface area (Å²) >= 11 is 1.55. The van der Waals surface area contributed by atoms with Crippen molar-refractivity contribution in [1.82, 2.24) is 5.32 Å². The van der Waals surface area contributed by atoms with Crippen LogP contribution in [0, 0.1) is 5.92 Å². The molecular formula is C13H21NO3S. The van der Waals surface area contributed by atoms with Gasteiger partial charge in [-0.15, -0.1) is 11.3 Å². The third kappa shape index (κ3) is 6.14. The summed E-state index contributed by atoms with van der Waals surface area (Å²) in [6, 6.07) is 3.86. The van der Waals surface area contributed by atoms with Crippen LogP contribution >= 0.6 is 11.3 Å². The van der Waals surface area contributed by atoms with E-state index in [0.717, 1.165) is 30.8 Å². The summed E-state index contributed by atoms with van der Waals surface area (Å²) in [6.45, 7) is 4.01. The first-order valence-corrected chi connectivity index (χ1v) is 7.04. The monoisotopic (exact) mass is 271 g/mol. The van der Waals surface area contributed by atoms with Gasteiger partial charge in [0.15, 0.2) is 0 Å². The zero-order chi connectivity index (χ0) is 13.4. The van der Waals surface area contributed by atoms with Gasteiger partial charge in [-0.05, 0) is 37.4 Å². The summed E-state index contributed by atoms with van der Waals surface area (Å²) in [5.74, 6) is -0.412. The fourth-order valence-electron chi connectivity index (χ4n) is 1.64. The van der Waals surface area contributed by atoms with Crippen LogP contribution in [-0.2, 0) is 17.8 Å².